The third-order valence-electron chi connectivity index (χ3n) is 2.45. The molecule has 0 N–H and O–H groups in total. The first-order valence-electron chi connectivity index (χ1n) is 4.38. The van der Waals surface area contributed by atoms with Crippen LogP contribution in [0.15, 0.2) is 22.8 Å². The Morgan fingerprint density at radius 3 is 3.07 bits per heavy atom. The Kier molecular flexibility index (Phi) is 2.53. The van der Waals surface area contributed by atoms with E-state index in [0.717, 1.165) is 16.6 Å². The van der Waals surface area contributed by atoms with Crippen LogP contribution in [-0.4, -0.2) is 18.2 Å². The average molecular weight is 253 g/mol. The van der Waals surface area contributed by atoms with Crippen molar-refractivity contribution in [1.82, 2.24) is 4.98 Å². The van der Waals surface area contributed by atoms with Gasteiger partial charge in [-0.25, -0.2) is 0 Å². The second-order valence-electron chi connectivity index (χ2n) is 3.36. The molecule has 0 radical (unpaired) electrons. The van der Waals surface area contributed by atoms with Crippen molar-refractivity contribution in [1.29, 1.82) is 5.26 Å². The Morgan fingerprint density at radius 2 is 2.50 bits per heavy atom. The van der Waals surface area contributed by atoms with Crippen LogP contribution in [0.2, 0.25) is 0 Å². The fourth-order valence-electron chi connectivity index (χ4n) is 1.58. The molecule has 0 bridgehead atoms. The largest absolute Gasteiger partial charge is 0.379 e. The van der Waals surface area contributed by atoms with Crippen LogP contribution in [0.5, 0.6) is 0 Å². The van der Waals surface area contributed by atoms with Gasteiger partial charge in [-0.15, -0.1) is 0 Å². The monoisotopic (exact) mass is 252 g/mol. The van der Waals surface area contributed by atoms with Gasteiger partial charge in [0.1, 0.15) is 5.41 Å². The zero-order chi connectivity index (χ0) is 10.0. The van der Waals surface area contributed by atoms with E-state index in [1.165, 1.54) is 0 Å². The fourth-order valence-corrected chi connectivity index (χ4v) is 1.91. The quantitative estimate of drug-likeness (QED) is 0.769. The van der Waals surface area contributed by atoms with Gasteiger partial charge in [-0.05, 0) is 18.6 Å². The molecule has 0 aliphatic carbocycles. The van der Waals surface area contributed by atoms with Gasteiger partial charge >= 0.3 is 0 Å². The van der Waals surface area contributed by atoms with E-state index in [0.29, 0.717) is 13.2 Å². The van der Waals surface area contributed by atoms with Crippen LogP contribution in [0.1, 0.15) is 12.1 Å². The minimum atomic E-state index is -0.538. The molecule has 1 unspecified atom stereocenters. The van der Waals surface area contributed by atoms with E-state index >= 15 is 0 Å². The van der Waals surface area contributed by atoms with Gasteiger partial charge in [0.05, 0.1) is 18.4 Å². The van der Waals surface area contributed by atoms with E-state index in [1.807, 2.05) is 12.1 Å². The molecule has 1 saturated heterocycles. The molecule has 1 aromatic heterocycles. The predicted molar refractivity (Wildman–Crippen MR) is 54.7 cm³/mol. The van der Waals surface area contributed by atoms with Gasteiger partial charge in [-0.3, -0.25) is 4.98 Å². The summed E-state index contributed by atoms with van der Waals surface area (Å²) in [5.41, 5.74) is 0.260. The highest BCUT2D eigenvalue weighted by Gasteiger charge is 2.38. The maximum atomic E-state index is 9.18. The molecule has 4 heteroatoms. The van der Waals surface area contributed by atoms with Crippen molar-refractivity contribution >= 4 is 15.9 Å². The number of nitriles is 1. The molecule has 1 atom stereocenters. The lowest BCUT2D eigenvalue weighted by Gasteiger charge is -2.17. The first kappa shape index (κ1) is 9.63. The summed E-state index contributed by atoms with van der Waals surface area (Å²) in [7, 11) is 0. The van der Waals surface area contributed by atoms with Crippen LogP contribution < -0.4 is 0 Å². The molecule has 1 aliphatic heterocycles. The molecule has 0 amide bonds. The lowest BCUT2D eigenvalue weighted by Crippen LogP contribution is -2.25. The number of nitrogens with zero attached hydrogens (tertiary/aromatic N) is 2. The number of halogens is 1. The van der Waals surface area contributed by atoms with E-state index in [2.05, 4.69) is 27.0 Å². The summed E-state index contributed by atoms with van der Waals surface area (Å²) in [5.74, 6) is 0. The van der Waals surface area contributed by atoms with Gasteiger partial charge in [0, 0.05) is 17.3 Å². The van der Waals surface area contributed by atoms with Gasteiger partial charge in [-0.1, -0.05) is 15.9 Å². The highest BCUT2D eigenvalue weighted by Crippen LogP contribution is 2.32. The Morgan fingerprint density at radius 1 is 1.64 bits per heavy atom. The zero-order valence-corrected chi connectivity index (χ0v) is 9.12. The van der Waals surface area contributed by atoms with E-state index in [9.17, 15) is 5.26 Å². The zero-order valence-electron chi connectivity index (χ0n) is 7.53. The lowest BCUT2D eigenvalue weighted by molar-refractivity contribution is 0.186. The molecule has 14 heavy (non-hydrogen) atoms. The molecule has 1 aromatic rings. The number of hydrogen-bond acceptors (Lipinski definition) is 3. The van der Waals surface area contributed by atoms with Crippen LogP contribution in [0.3, 0.4) is 0 Å². The number of ether oxygens (including phenoxy) is 1. The topological polar surface area (TPSA) is 45.9 Å². The van der Waals surface area contributed by atoms with Gasteiger partial charge < -0.3 is 4.74 Å². The van der Waals surface area contributed by atoms with Gasteiger partial charge in [-0.2, -0.15) is 5.26 Å². The minimum absolute atomic E-state index is 0.451. The van der Waals surface area contributed by atoms with Crippen LogP contribution in [-0.2, 0) is 10.2 Å². The summed E-state index contributed by atoms with van der Waals surface area (Å²) in [6, 6.07) is 6.05. The van der Waals surface area contributed by atoms with E-state index in [1.54, 1.807) is 6.20 Å². The molecule has 1 fully saturated rings. The molecule has 0 spiro atoms. The van der Waals surface area contributed by atoms with Crippen molar-refractivity contribution in [3.63, 3.8) is 0 Å². The molecule has 1 aliphatic rings. The summed E-state index contributed by atoms with van der Waals surface area (Å²) in [6.45, 7) is 1.09. The van der Waals surface area contributed by atoms with Crippen molar-refractivity contribution in [2.45, 2.75) is 11.8 Å². The molecule has 72 valence electrons. The lowest BCUT2D eigenvalue weighted by atomic mass is 9.85. The fraction of sp³-hybridized carbons (Fsp3) is 0.400. The van der Waals surface area contributed by atoms with Gasteiger partial charge in [0.25, 0.3) is 0 Å². The van der Waals surface area contributed by atoms with Crippen molar-refractivity contribution < 1.29 is 4.74 Å². The SMILES string of the molecule is N#CC1(c2cc(Br)ccn2)CCOC1. The van der Waals surface area contributed by atoms with E-state index in [4.69, 9.17) is 4.74 Å². The second kappa shape index (κ2) is 3.68. The number of pyridine rings is 1. The molecular weight excluding hydrogens is 244 g/mol. The Bertz CT molecular complexity index is 380. The maximum absolute atomic E-state index is 9.18. The Labute approximate surface area is 90.8 Å². The summed E-state index contributed by atoms with van der Waals surface area (Å²) < 4.78 is 6.22. The highest BCUT2D eigenvalue weighted by molar-refractivity contribution is 9.10. The third kappa shape index (κ3) is 1.54. The smallest absolute Gasteiger partial charge is 0.125 e. The normalized spacial score (nSPS) is 26.0. The summed E-state index contributed by atoms with van der Waals surface area (Å²) in [6.07, 6.45) is 2.43. The standard InChI is InChI=1S/C10H9BrN2O/c11-8-1-3-13-9(5-8)10(6-12)2-4-14-7-10/h1,3,5H,2,4,7H2. The molecule has 0 aromatic carbocycles. The van der Waals surface area contributed by atoms with Crippen molar-refractivity contribution in [2.24, 2.45) is 0 Å². The molecular formula is C10H9BrN2O. The first-order chi connectivity index (χ1) is 6.77. The van der Waals surface area contributed by atoms with E-state index in [-0.39, 0.29) is 0 Å². The minimum Gasteiger partial charge on any atom is -0.379 e. The molecule has 2 rings (SSSR count). The maximum Gasteiger partial charge on any atom is 0.125 e. The second-order valence-corrected chi connectivity index (χ2v) is 4.27. The third-order valence-corrected chi connectivity index (χ3v) is 2.94. The van der Waals surface area contributed by atoms with Crippen LogP contribution in [0.25, 0.3) is 0 Å². The summed E-state index contributed by atoms with van der Waals surface area (Å²) in [5, 5.41) is 9.18. The predicted octanol–water partition coefficient (Wildman–Crippen LogP) is 2.03. The van der Waals surface area contributed by atoms with Gasteiger partial charge in [0.15, 0.2) is 0 Å². The number of aromatic nitrogens is 1. The van der Waals surface area contributed by atoms with Crippen LogP contribution in [0, 0.1) is 11.3 Å². The van der Waals surface area contributed by atoms with Crippen LogP contribution >= 0.6 is 15.9 Å². The molecule has 3 nitrogen and oxygen atoms in total. The van der Waals surface area contributed by atoms with Crippen molar-refractivity contribution in [3.8, 4) is 6.07 Å². The highest BCUT2D eigenvalue weighted by atomic mass is 79.9. The molecule has 2 heterocycles. The first-order valence-corrected chi connectivity index (χ1v) is 5.17. The van der Waals surface area contributed by atoms with Crippen molar-refractivity contribution in [2.75, 3.05) is 13.2 Å². The Hall–Kier alpha value is -0.920. The summed E-state index contributed by atoms with van der Waals surface area (Å²) >= 11 is 3.37. The van der Waals surface area contributed by atoms with Crippen molar-refractivity contribution in [3.05, 3.63) is 28.5 Å². The van der Waals surface area contributed by atoms with E-state index < -0.39 is 5.41 Å². The average Bonchev–Trinajstić information content (AvgIpc) is 2.67. The number of rotatable bonds is 1. The summed E-state index contributed by atoms with van der Waals surface area (Å²) in [4.78, 5) is 4.23. The molecule has 0 saturated carbocycles. The Balaban J connectivity index is 2.42. The number of hydrogen-bond donors (Lipinski definition) is 0. The van der Waals surface area contributed by atoms with Gasteiger partial charge in [0.2, 0.25) is 0 Å². The van der Waals surface area contributed by atoms with Crippen LogP contribution in [0.4, 0.5) is 0 Å².